The van der Waals surface area contributed by atoms with Crippen LogP contribution in [0.15, 0.2) is 28.7 Å². The maximum atomic E-state index is 12.2. The van der Waals surface area contributed by atoms with Gasteiger partial charge in [0.25, 0.3) is 0 Å². The Labute approximate surface area is 128 Å². The minimum absolute atomic E-state index is 0.263. The van der Waals surface area contributed by atoms with Crippen molar-refractivity contribution in [1.82, 2.24) is 5.32 Å². The average molecular weight is 341 g/mol. The number of carbonyl (C=O) groups excluding carboxylic acids is 2. The maximum absolute atomic E-state index is 12.2. The second-order valence-corrected chi connectivity index (χ2v) is 6.61. The van der Waals surface area contributed by atoms with Crippen molar-refractivity contribution in [3.8, 4) is 0 Å². The van der Waals surface area contributed by atoms with Gasteiger partial charge in [-0.25, -0.2) is 0 Å². The SMILES string of the molecule is CC(C)CNC(=O)C(C)(C)C(=O)Nc1ccc(Br)cc1. The third kappa shape index (κ3) is 4.63. The summed E-state index contributed by atoms with van der Waals surface area (Å²) < 4.78 is 0.935. The topological polar surface area (TPSA) is 58.2 Å². The lowest BCUT2D eigenvalue weighted by atomic mass is 9.90. The molecule has 0 unspecified atom stereocenters. The monoisotopic (exact) mass is 340 g/mol. The van der Waals surface area contributed by atoms with E-state index in [0.717, 1.165) is 4.47 Å². The molecule has 1 rings (SSSR count). The van der Waals surface area contributed by atoms with Crippen LogP contribution in [0.1, 0.15) is 27.7 Å². The quantitative estimate of drug-likeness (QED) is 0.808. The number of hydrogen-bond donors (Lipinski definition) is 2. The Hall–Kier alpha value is -1.36. The third-order valence-electron chi connectivity index (χ3n) is 2.91. The summed E-state index contributed by atoms with van der Waals surface area (Å²) >= 11 is 3.33. The molecule has 1 aromatic carbocycles. The zero-order valence-corrected chi connectivity index (χ0v) is 13.9. The Morgan fingerprint density at radius 2 is 1.70 bits per heavy atom. The lowest BCUT2D eigenvalue weighted by Gasteiger charge is -2.23. The number of nitrogens with one attached hydrogen (secondary N) is 2. The van der Waals surface area contributed by atoms with Crippen LogP contribution >= 0.6 is 15.9 Å². The van der Waals surface area contributed by atoms with Crippen molar-refractivity contribution >= 4 is 33.4 Å². The Morgan fingerprint density at radius 3 is 2.20 bits per heavy atom. The predicted octanol–water partition coefficient (Wildman–Crippen LogP) is 3.19. The van der Waals surface area contributed by atoms with Crippen molar-refractivity contribution in [3.05, 3.63) is 28.7 Å². The van der Waals surface area contributed by atoms with Crippen LogP contribution in [0.2, 0.25) is 0 Å². The van der Waals surface area contributed by atoms with Crippen molar-refractivity contribution in [3.63, 3.8) is 0 Å². The molecule has 0 saturated carbocycles. The molecule has 110 valence electrons. The van der Waals surface area contributed by atoms with E-state index in [1.165, 1.54) is 0 Å². The number of amides is 2. The fourth-order valence-corrected chi connectivity index (χ4v) is 1.71. The molecule has 0 aliphatic carbocycles. The largest absolute Gasteiger partial charge is 0.355 e. The summed E-state index contributed by atoms with van der Waals surface area (Å²) in [5.74, 6) is -0.230. The van der Waals surface area contributed by atoms with E-state index in [2.05, 4.69) is 26.6 Å². The fourth-order valence-electron chi connectivity index (χ4n) is 1.44. The molecule has 1 aromatic rings. The second-order valence-electron chi connectivity index (χ2n) is 5.69. The first-order valence-electron chi connectivity index (χ1n) is 6.59. The molecule has 2 amide bonds. The molecule has 0 fully saturated rings. The van der Waals surface area contributed by atoms with E-state index >= 15 is 0 Å². The average Bonchev–Trinajstić information content (AvgIpc) is 2.38. The highest BCUT2D eigenvalue weighted by molar-refractivity contribution is 9.10. The number of carbonyl (C=O) groups is 2. The zero-order valence-electron chi connectivity index (χ0n) is 12.3. The van der Waals surface area contributed by atoms with Crippen LogP contribution in [0, 0.1) is 11.3 Å². The molecule has 0 heterocycles. The summed E-state index contributed by atoms with van der Waals surface area (Å²) in [4.78, 5) is 24.3. The summed E-state index contributed by atoms with van der Waals surface area (Å²) in [7, 11) is 0. The number of anilines is 1. The Morgan fingerprint density at radius 1 is 1.15 bits per heavy atom. The minimum atomic E-state index is -1.11. The molecule has 0 bridgehead atoms. The van der Waals surface area contributed by atoms with Crippen molar-refractivity contribution in [2.75, 3.05) is 11.9 Å². The first-order valence-corrected chi connectivity index (χ1v) is 7.38. The lowest BCUT2D eigenvalue weighted by molar-refractivity contribution is -0.138. The third-order valence-corrected chi connectivity index (χ3v) is 3.44. The van der Waals surface area contributed by atoms with Gasteiger partial charge >= 0.3 is 0 Å². The first-order chi connectivity index (χ1) is 9.23. The normalized spacial score (nSPS) is 11.3. The number of halogens is 1. The molecular formula is C15H21BrN2O2. The molecule has 0 saturated heterocycles. The second kappa shape index (κ2) is 6.88. The number of benzene rings is 1. The van der Waals surface area contributed by atoms with Crippen LogP contribution in [0.4, 0.5) is 5.69 Å². The summed E-state index contributed by atoms with van der Waals surface area (Å²) in [5, 5.41) is 5.55. The molecule has 20 heavy (non-hydrogen) atoms. The highest BCUT2D eigenvalue weighted by Crippen LogP contribution is 2.20. The van der Waals surface area contributed by atoms with E-state index in [0.29, 0.717) is 18.2 Å². The van der Waals surface area contributed by atoms with E-state index in [4.69, 9.17) is 0 Å². The molecule has 0 atom stereocenters. The standard InChI is InChI=1S/C15H21BrN2O2/c1-10(2)9-17-13(19)15(3,4)14(20)18-12-7-5-11(16)6-8-12/h5-8,10H,9H2,1-4H3,(H,17,19)(H,18,20). The highest BCUT2D eigenvalue weighted by atomic mass is 79.9. The van der Waals surface area contributed by atoms with E-state index in [-0.39, 0.29) is 11.8 Å². The number of hydrogen-bond acceptors (Lipinski definition) is 2. The first kappa shape index (κ1) is 16.7. The van der Waals surface area contributed by atoms with Gasteiger partial charge in [-0.2, -0.15) is 0 Å². The van der Waals surface area contributed by atoms with Gasteiger partial charge in [0.05, 0.1) is 0 Å². The summed E-state index contributed by atoms with van der Waals surface area (Å²) in [6.45, 7) is 7.83. The molecule has 4 nitrogen and oxygen atoms in total. The molecule has 0 spiro atoms. The van der Waals surface area contributed by atoms with Gasteiger partial charge in [-0.1, -0.05) is 29.8 Å². The van der Waals surface area contributed by atoms with Crippen LogP contribution in [0.5, 0.6) is 0 Å². The Balaban J connectivity index is 2.68. The van der Waals surface area contributed by atoms with Gasteiger partial charge in [-0.15, -0.1) is 0 Å². The van der Waals surface area contributed by atoms with Gasteiger partial charge in [0.2, 0.25) is 11.8 Å². The highest BCUT2D eigenvalue weighted by Gasteiger charge is 2.35. The van der Waals surface area contributed by atoms with Crippen LogP contribution < -0.4 is 10.6 Å². The van der Waals surface area contributed by atoms with Gasteiger partial charge in [0.15, 0.2) is 0 Å². The van der Waals surface area contributed by atoms with Crippen LogP contribution in [0.25, 0.3) is 0 Å². The molecule has 5 heteroatoms. The lowest BCUT2D eigenvalue weighted by Crippen LogP contribution is -2.46. The number of rotatable bonds is 5. The molecule has 0 radical (unpaired) electrons. The molecule has 2 N–H and O–H groups in total. The molecule has 0 aliphatic rings. The van der Waals surface area contributed by atoms with E-state index in [1.54, 1.807) is 26.0 Å². The van der Waals surface area contributed by atoms with Crippen molar-refractivity contribution < 1.29 is 9.59 Å². The summed E-state index contributed by atoms with van der Waals surface area (Å²) in [6, 6.07) is 7.23. The van der Waals surface area contributed by atoms with Crippen molar-refractivity contribution in [1.29, 1.82) is 0 Å². The molecule has 0 aromatic heterocycles. The van der Waals surface area contributed by atoms with Gasteiger partial charge in [-0.3, -0.25) is 9.59 Å². The van der Waals surface area contributed by atoms with Crippen molar-refractivity contribution in [2.45, 2.75) is 27.7 Å². The van der Waals surface area contributed by atoms with Crippen LogP contribution in [-0.4, -0.2) is 18.4 Å². The van der Waals surface area contributed by atoms with Gasteiger partial charge in [-0.05, 0) is 44.0 Å². The van der Waals surface area contributed by atoms with E-state index in [9.17, 15) is 9.59 Å². The summed E-state index contributed by atoms with van der Waals surface area (Å²) in [5.41, 5.74) is -0.440. The molecule has 0 aliphatic heterocycles. The fraction of sp³-hybridized carbons (Fsp3) is 0.467. The Kier molecular flexibility index (Phi) is 5.74. The summed E-state index contributed by atoms with van der Waals surface area (Å²) in [6.07, 6.45) is 0. The predicted molar refractivity (Wildman–Crippen MR) is 84.4 cm³/mol. The van der Waals surface area contributed by atoms with Gasteiger partial charge in [0, 0.05) is 16.7 Å². The van der Waals surface area contributed by atoms with Crippen molar-refractivity contribution in [2.24, 2.45) is 11.3 Å². The van der Waals surface area contributed by atoms with Crippen LogP contribution in [-0.2, 0) is 9.59 Å². The van der Waals surface area contributed by atoms with Gasteiger partial charge < -0.3 is 10.6 Å². The van der Waals surface area contributed by atoms with Gasteiger partial charge in [0.1, 0.15) is 5.41 Å². The van der Waals surface area contributed by atoms with E-state index < -0.39 is 5.41 Å². The minimum Gasteiger partial charge on any atom is -0.355 e. The Bertz CT molecular complexity index is 481. The zero-order chi connectivity index (χ0) is 15.3. The smallest absolute Gasteiger partial charge is 0.239 e. The van der Waals surface area contributed by atoms with Crippen LogP contribution in [0.3, 0.4) is 0 Å². The van der Waals surface area contributed by atoms with E-state index in [1.807, 2.05) is 26.0 Å². The maximum Gasteiger partial charge on any atom is 0.239 e. The molecular weight excluding hydrogens is 320 g/mol.